The van der Waals surface area contributed by atoms with E-state index in [0.29, 0.717) is 30.8 Å². The first kappa shape index (κ1) is 28.0. The van der Waals surface area contributed by atoms with Crippen LogP contribution in [0.25, 0.3) is 11.3 Å². The van der Waals surface area contributed by atoms with Crippen LogP contribution in [0.4, 0.5) is 36.2 Å². The van der Waals surface area contributed by atoms with Gasteiger partial charge in [0.2, 0.25) is 0 Å². The van der Waals surface area contributed by atoms with Crippen LogP contribution in [0.5, 0.6) is 0 Å². The Labute approximate surface area is 223 Å². The highest BCUT2D eigenvalue weighted by Gasteiger charge is 2.46. The smallest absolute Gasteiger partial charge is 0.462 e. The van der Waals surface area contributed by atoms with E-state index in [1.807, 2.05) is 11.8 Å². The molecule has 0 radical (unpaired) electrons. The summed E-state index contributed by atoms with van der Waals surface area (Å²) < 4.78 is 70.1. The van der Waals surface area contributed by atoms with Crippen LogP contribution in [-0.4, -0.2) is 49.6 Å². The Hall–Kier alpha value is -4.07. The van der Waals surface area contributed by atoms with Crippen LogP contribution >= 0.6 is 0 Å². The Morgan fingerprint density at radius 2 is 1.90 bits per heavy atom. The van der Waals surface area contributed by atoms with Gasteiger partial charge in [0.15, 0.2) is 0 Å². The first-order valence-electron chi connectivity index (χ1n) is 12.1. The van der Waals surface area contributed by atoms with Crippen molar-refractivity contribution in [2.24, 2.45) is 10.2 Å². The highest BCUT2D eigenvalue weighted by atomic mass is 32.2. The van der Waals surface area contributed by atoms with Crippen molar-refractivity contribution < 1.29 is 31.1 Å². The fraction of sp³-hybridized carbons (Fsp3) is 0.320. The molecule has 0 spiro atoms. The molecule has 0 atom stereocenters. The fourth-order valence-electron chi connectivity index (χ4n) is 4.08. The van der Waals surface area contributed by atoms with E-state index < -0.39 is 21.5 Å². The molecular weight excluding hydrogens is 537 g/mol. The van der Waals surface area contributed by atoms with Gasteiger partial charge in [0, 0.05) is 30.5 Å². The zero-order chi connectivity index (χ0) is 28.2. The number of carbonyl (C=O) groups is 1. The molecule has 10 nitrogen and oxygen atoms in total. The molecule has 3 aromatic rings. The minimum atomic E-state index is -5.72. The number of fused-ring (bicyclic) bond motifs is 1. The van der Waals surface area contributed by atoms with Crippen molar-refractivity contribution in [3.05, 3.63) is 59.8 Å². The van der Waals surface area contributed by atoms with E-state index in [1.54, 1.807) is 42.0 Å². The summed E-state index contributed by atoms with van der Waals surface area (Å²) in [6.07, 6.45) is 2.66. The first-order chi connectivity index (χ1) is 18.5. The van der Waals surface area contributed by atoms with Crippen LogP contribution in [0.15, 0.2) is 58.9 Å². The van der Waals surface area contributed by atoms with E-state index in [-0.39, 0.29) is 35.2 Å². The summed E-state index contributed by atoms with van der Waals surface area (Å²) in [5.41, 5.74) is -3.76. The maximum atomic E-state index is 13.2. The second kappa shape index (κ2) is 11.4. The molecule has 39 heavy (non-hydrogen) atoms. The predicted molar refractivity (Wildman–Crippen MR) is 139 cm³/mol. The Morgan fingerprint density at radius 1 is 1.15 bits per heavy atom. The number of anilines is 2. The van der Waals surface area contributed by atoms with Crippen molar-refractivity contribution in [2.45, 2.75) is 32.2 Å². The second-order valence-electron chi connectivity index (χ2n) is 8.45. The van der Waals surface area contributed by atoms with Crippen LogP contribution in [0.2, 0.25) is 0 Å². The monoisotopic (exact) mass is 562 g/mol. The third-order valence-electron chi connectivity index (χ3n) is 5.91. The molecule has 0 amide bonds. The molecule has 1 aromatic heterocycles. The van der Waals surface area contributed by atoms with Crippen molar-refractivity contribution >= 4 is 39.0 Å². The van der Waals surface area contributed by atoms with Crippen molar-refractivity contribution in [3.63, 3.8) is 0 Å². The van der Waals surface area contributed by atoms with E-state index in [2.05, 4.69) is 20.2 Å². The lowest BCUT2D eigenvalue weighted by atomic mass is 10.0. The summed E-state index contributed by atoms with van der Waals surface area (Å²) in [7, 11) is -5.72. The molecule has 2 heterocycles. The number of esters is 1. The molecule has 0 aliphatic carbocycles. The van der Waals surface area contributed by atoms with Gasteiger partial charge in [-0.25, -0.2) is 14.8 Å². The molecule has 0 saturated carbocycles. The van der Waals surface area contributed by atoms with Crippen LogP contribution in [0, 0.1) is 0 Å². The van der Waals surface area contributed by atoms with E-state index in [0.717, 1.165) is 12.0 Å². The number of aryl methyl sites for hydroxylation is 1. The van der Waals surface area contributed by atoms with Crippen molar-refractivity contribution in [3.8, 4) is 11.3 Å². The normalized spacial score (nSPS) is 13.8. The number of hydrogen-bond acceptors (Lipinski definition) is 9. The molecule has 4 rings (SSSR count). The number of hydrogen-bond donors (Lipinski definition) is 1. The molecule has 0 fully saturated rings. The molecule has 0 bridgehead atoms. The minimum absolute atomic E-state index is 0.0917. The summed E-state index contributed by atoms with van der Waals surface area (Å²) in [5.74, 6) is -0.835. The van der Waals surface area contributed by atoms with E-state index in [4.69, 9.17) is 4.74 Å². The molecule has 2 aromatic carbocycles. The summed E-state index contributed by atoms with van der Waals surface area (Å²) in [5, 5.41) is 7.99. The number of halogens is 3. The molecule has 206 valence electrons. The summed E-state index contributed by atoms with van der Waals surface area (Å²) >= 11 is 0. The van der Waals surface area contributed by atoms with Gasteiger partial charge in [0.1, 0.15) is 11.3 Å². The highest BCUT2D eigenvalue weighted by molar-refractivity contribution is 7.93. The standard InChI is InChI=1S/C25H25F3N6O4S/c1-3-34-12-8-11-17-13-19(20(14-21(17)34)33-39(36,37)25(26,27)28)31-32-24-29-15-18(23(35)38-4-2)22(30-24)16-9-6-5-7-10-16/h5-7,9-10,13-15,33H,3-4,8,11-12H2,1-2H3. The Kier molecular flexibility index (Phi) is 8.14. The minimum Gasteiger partial charge on any atom is -0.462 e. The maximum absolute atomic E-state index is 13.2. The van der Waals surface area contributed by atoms with Gasteiger partial charge in [-0.1, -0.05) is 30.3 Å². The van der Waals surface area contributed by atoms with Crippen LogP contribution in [0.3, 0.4) is 0 Å². The average Bonchev–Trinajstić information content (AvgIpc) is 2.91. The van der Waals surface area contributed by atoms with Gasteiger partial charge in [-0.05, 0) is 44.4 Å². The number of benzene rings is 2. The lowest BCUT2D eigenvalue weighted by Gasteiger charge is -2.31. The van der Waals surface area contributed by atoms with E-state index >= 15 is 0 Å². The van der Waals surface area contributed by atoms with Gasteiger partial charge in [-0.2, -0.15) is 21.6 Å². The summed E-state index contributed by atoms with van der Waals surface area (Å²) in [6, 6.07) is 11.6. The Morgan fingerprint density at radius 3 is 2.56 bits per heavy atom. The zero-order valence-electron chi connectivity index (χ0n) is 21.1. The lowest BCUT2D eigenvalue weighted by molar-refractivity contribution is -0.0429. The SMILES string of the molecule is CCOC(=O)c1cnc(N=Nc2cc3c(cc2NS(=O)(=O)C(F)(F)F)N(CC)CCC3)nc1-c1ccccc1. The lowest BCUT2D eigenvalue weighted by Crippen LogP contribution is -2.31. The summed E-state index contributed by atoms with van der Waals surface area (Å²) in [6.45, 7) is 4.95. The molecule has 0 saturated heterocycles. The third-order valence-corrected chi connectivity index (χ3v) is 7.01. The van der Waals surface area contributed by atoms with E-state index in [1.165, 1.54) is 18.3 Å². The van der Waals surface area contributed by atoms with Crippen LogP contribution in [0.1, 0.15) is 36.2 Å². The van der Waals surface area contributed by atoms with Gasteiger partial charge >= 0.3 is 21.5 Å². The fourth-order valence-corrected chi connectivity index (χ4v) is 4.65. The van der Waals surface area contributed by atoms with Gasteiger partial charge in [-0.15, -0.1) is 10.2 Å². The molecule has 14 heteroatoms. The predicted octanol–water partition coefficient (Wildman–Crippen LogP) is 5.77. The number of carbonyl (C=O) groups excluding carboxylic acids is 1. The van der Waals surface area contributed by atoms with E-state index in [9.17, 15) is 26.4 Å². The third kappa shape index (κ3) is 6.16. The molecule has 1 N–H and O–H groups in total. The number of alkyl halides is 3. The van der Waals surface area contributed by atoms with Gasteiger partial charge in [0.25, 0.3) is 5.95 Å². The number of nitrogens with one attached hydrogen (secondary N) is 1. The topological polar surface area (TPSA) is 126 Å². The van der Waals surface area contributed by atoms with Gasteiger partial charge in [-0.3, -0.25) is 4.72 Å². The molecule has 1 aliphatic rings. The van der Waals surface area contributed by atoms with Gasteiger partial charge in [0.05, 0.1) is 18.0 Å². The second-order valence-corrected chi connectivity index (χ2v) is 10.1. The summed E-state index contributed by atoms with van der Waals surface area (Å²) in [4.78, 5) is 22.8. The van der Waals surface area contributed by atoms with Crippen LogP contribution in [-0.2, 0) is 21.2 Å². The van der Waals surface area contributed by atoms with Crippen molar-refractivity contribution in [2.75, 3.05) is 29.3 Å². The first-order valence-corrected chi connectivity index (χ1v) is 13.5. The number of aromatic nitrogens is 2. The zero-order valence-corrected chi connectivity index (χ0v) is 21.9. The number of rotatable bonds is 8. The largest absolute Gasteiger partial charge is 0.516 e. The average molecular weight is 563 g/mol. The maximum Gasteiger partial charge on any atom is 0.516 e. The van der Waals surface area contributed by atoms with Crippen molar-refractivity contribution in [1.82, 2.24) is 9.97 Å². The molecule has 1 aliphatic heterocycles. The quantitative estimate of drug-likeness (QED) is 0.273. The van der Waals surface area contributed by atoms with Crippen LogP contribution < -0.4 is 9.62 Å². The molecular formula is C25H25F3N6O4S. The number of azo groups is 1. The number of nitrogens with zero attached hydrogens (tertiary/aromatic N) is 5. The highest BCUT2D eigenvalue weighted by Crippen LogP contribution is 2.39. The number of ether oxygens (including phenoxy) is 1. The molecule has 0 unspecified atom stereocenters. The van der Waals surface area contributed by atoms with Crippen molar-refractivity contribution in [1.29, 1.82) is 0 Å². The number of sulfonamides is 1. The van der Waals surface area contributed by atoms with Gasteiger partial charge < -0.3 is 9.64 Å². The Bertz CT molecular complexity index is 1500. The Balaban J connectivity index is 1.79.